The fourth-order valence-corrected chi connectivity index (χ4v) is 6.14. The van der Waals surface area contributed by atoms with E-state index < -0.39 is 0 Å². The van der Waals surface area contributed by atoms with Crippen molar-refractivity contribution in [3.05, 3.63) is 23.3 Å². The molecule has 122 valence electrons. The lowest BCUT2D eigenvalue weighted by Gasteiger charge is -2.63. The van der Waals surface area contributed by atoms with Gasteiger partial charge in [0.25, 0.3) is 0 Å². The molecule has 1 saturated carbocycles. The third kappa shape index (κ3) is 1.33. The predicted octanol–water partition coefficient (Wildman–Crippen LogP) is 2.32. The molecule has 2 bridgehead atoms. The Morgan fingerprint density at radius 1 is 1.35 bits per heavy atom. The summed E-state index contributed by atoms with van der Waals surface area (Å²) in [4.78, 5) is 15.3. The average Bonchev–Trinajstić information content (AvgIpc) is 2.90. The van der Waals surface area contributed by atoms with Gasteiger partial charge in [-0.3, -0.25) is 4.79 Å². The molecule has 2 aliphatic heterocycles. The molecule has 0 radical (unpaired) electrons. The van der Waals surface area contributed by atoms with E-state index >= 15 is 0 Å². The molecular formula is C19H23NO3. The van der Waals surface area contributed by atoms with Gasteiger partial charge in [0.2, 0.25) is 0 Å². The molecule has 0 aromatic heterocycles. The van der Waals surface area contributed by atoms with Crippen molar-refractivity contribution in [2.45, 2.75) is 50.2 Å². The zero-order chi connectivity index (χ0) is 16.0. The van der Waals surface area contributed by atoms with Crippen molar-refractivity contribution in [3.63, 3.8) is 0 Å². The number of methoxy groups -OCH3 is 1. The first-order valence-electron chi connectivity index (χ1n) is 8.63. The Labute approximate surface area is 136 Å². The van der Waals surface area contributed by atoms with Gasteiger partial charge in [-0.2, -0.15) is 0 Å². The molecular weight excluding hydrogens is 290 g/mol. The summed E-state index contributed by atoms with van der Waals surface area (Å²) in [5.41, 5.74) is 2.59. The number of piperidine rings is 1. The van der Waals surface area contributed by atoms with E-state index in [1.807, 2.05) is 6.07 Å². The van der Waals surface area contributed by atoms with Crippen LogP contribution < -0.4 is 9.47 Å². The summed E-state index contributed by atoms with van der Waals surface area (Å²) in [6, 6.07) is 4.68. The van der Waals surface area contributed by atoms with Crippen LogP contribution in [0.1, 0.15) is 37.3 Å². The maximum absolute atomic E-state index is 12.8. The fraction of sp³-hybridized carbons (Fsp3) is 0.632. The molecule has 0 N–H and O–H groups in total. The molecule has 4 nitrogen and oxygen atoms in total. The molecule has 2 unspecified atom stereocenters. The number of hydrogen-bond donors (Lipinski definition) is 0. The Hall–Kier alpha value is -1.55. The van der Waals surface area contributed by atoms with Crippen molar-refractivity contribution in [3.8, 4) is 11.5 Å². The summed E-state index contributed by atoms with van der Waals surface area (Å²) >= 11 is 0. The van der Waals surface area contributed by atoms with E-state index in [1.165, 1.54) is 11.1 Å². The first-order valence-corrected chi connectivity index (χ1v) is 8.63. The van der Waals surface area contributed by atoms with E-state index in [1.54, 1.807) is 7.11 Å². The van der Waals surface area contributed by atoms with Gasteiger partial charge in [-0.25, -0.2) is 0 Å². The van der Waals surface area contributed by atoms with Crippen molar-refractivity contribution in [1.82, 2.24) is 4.90 Å². The summed E-state index contributed by atoms with van der Waals surface area (Å²) in [7, 11) is 3.92. The number of rotatable bonds is 1. The maximum Gasteiger partial charge on any atom is 0.174 e. The number of ether oxygens (including phenoxy) is 2. The third-order valence-electron chi connectivity index (χ3n) is 7.30. The van der Waals surface area contributed by atoms with Crippen LogP contribution in [0.25, 0.3) is 0 Å². The fourth-order valence-electron chi connectivity index (χ4n) is 6.14. The second-order valence-corrected chi connectivity index (χ2v) is 7.93. The van der Waals surface area contributed by atoms with Gasteiger partial charge in [0, 0.05) is 18.0 Å². The molecule has 1 aromatic rings. The molecule has 2 aliphatic carbocycles. The summed E-state index contributed by atoms with van der Waals surface area (Å²) in [5, 5.41) is 0. The number of ketones is 1. The molecule has 4 heteroatoms. The topological polar surface area (TPSA) is 38.8 Å². The second kappa shape index (κ2) is 4.10. The van der Waals surface area contributed by atoms with Gasteiger partial charge < -0.3 is 14.4 Å². The predicted molar refractivity (Wildman–Crippen MR) is 86.2 cm³/mol. The van der Waals surface area contributed by atoms with E-state index in [9.17, 15) is 4.79 Å². The van der Waals surface area contributed by atoms with Crippen molar-refractivity contribution in [2.24, 2.45) is 5.41 Å². The summed E-state index contributed by atoms with van der Waals surface area (Å²) in [6.45, 7) is 3.43. The van der Waals surface area contributed by atoms with Gasteiger partial charge in [0.1, 0.15) is 0 Å². The highest BCUT2D eigenvalue weighted by atomic mass is 16.5. The van der Waals surface area contributed by atoms with E-state index in [2.05, 4.69) is 24.9 Å². The molecule has 0 amide bonds. The van der Waals surface area contributed by atoms with Gasteiger partial charge >= 0.3 is 0 Å². The van der Waals surface area contributed by atoms with Crippen LogP contribution >= 0.6 is 0 Å². The monoisotopic (exact) mass is 313 g/mol. The quantitative estimate of drug-likeness (QED) is 0.797. The highest BCUT2D eigenvalue weighted by molar-refractivity contribution is 5.89. The molecule has 1 spiro atoms. The molecule has 1 aromatic carbocycles. The third-order valence-corrected chi connectivity index (χ3v) is 7.30. The number of likely N-dealkylation sites (N-methyl/N-ethyl adjacent to an activating group) is 1. The lowest BCUT2D eigenvalue weighted by Crippen LogP contribution is -2.70. The van der Waals surface area contributed by atoms with Crippen LogP contribution in [0.5, 0.6) is 11.5 Å². The van der Waals surface area contributed by atoms with Crippen LogP contribution in [0.2, 0.25) is 0 Å². The van der Waals surface area contributed by atoms with Gasteiger partial charge in [-0.05, 0) is 49.9 Å². The van der Waals surface area contributed by atoms with E-state index in [0.29, 0.717) is 12.5 Å². The van der Waals surface area contributed by atoms with Crippen molar-refractivity contribution in [1.29, 1.82) is 0 Å². The van der Waals surface area contributed by atoms with E-state index in [-0.39, 0.29) is 22.7 Å². The first-order chi connectivity index (χ1) is 11.0. The second-order valence-electron chi connectivity index (χ2n) is 7.93. The van der Waals surface area contributed by atoms with E-state index in [0.717, 1.165) is 37.3 Å². The minimum atomic E-state index is -0.317. The normalized spacial score (nSPS) is 40.6. The molecule has 5 rings (SSSR count). The van der Waals surface area contributed by atoms with Crippen LogP contribution in [0.15, 0.2) is 12.1 Å². The Morgan fingerprint density at radius 2 is 2.17 bits per heavy atom. The first kappa shape index (κ1) is 13.8. The summed E-state index contributed by atoms with van der Waals surface area (Å²) in [6.07, 6.45) is 3.34. The Bertz CT molecular complexity index is 730. The van der Waals surface area contributed by atoms with Gasteiger partial charge in [-0.15, -0.1) is 0 Å². The molecule has 1 saturated heterocycles. The minimum absolute atomic E-state index is 0.100. The van der Waals surface area contributed by atoms with Crippen molar-refractivity contribution in [2.75, 3.05) is 20.7 Å². The molecule has 4 atom stereocenters. The molecule has 4 aliphatic rings. The largest absolute Gasteiger partial charge is 0.493 e. The van der Waals surface area contributed by atoms with Gasteiger partial charge in [-0.1, -0.05) is 13.0 Å². The molecule has 2 fully saturated rings. The average molecular weight is 313 g/mol. The Balaban J connectivity index is 1.86. The number of nitrogens with zero attached hydrogens (tertiary/aromatic N) is 1. The molecule has 23 heavy (non-hydrogen) atoms. The number of carbonyl (C=O) groups excluding carboxylic acids is 1. The number of carbonyl (C=O) groups is 1. The lowest BCUT2D eigenvalue weighted by atomic mass is 9.44. The Kier molecular flexibility index (Phi) is 2.47. The van der Waals surface area contributed by atoms with Crippen molar-refractivity contribution < 1.29 is 14.3 Å². The van der Waals surface area contributed by atoms with Gasteiger partial charge in [0.05, 0.1) is 12.5 Å². The highest BCUT2D eigenvalue weighted by Gasteiger charge is 2.70. The zero-order valence-corrected chi connectivity index (χ0v) is 14.0. The summed E-state index contributed by atoms with van der Waals surface area (Å²) < 4.78 is 11.9. The lowest BCUT2D eigenvalue weighted by molar-refractivity contribution is -0.150. The van der Waals surface area contributed by atoms with Crippen molar-refractivity contribution >= 4 is 5.78 Å². The Morgan fingerprint density at radius 3 is 2.96 bits per heavy atom. The van der Waals surface area contributed by atoms with Crippen LogP contribution in [0, 0.1) is 5.41 Å². The number of likely N-dealkylation sites (tertiary alicyclic amines) is 1. The number of Topliss-reactive ketones (excluding diaryl/α,β-unsaturated/α-hetero) is 1. The highest BCUT2D eigenvalue weighted by Crippen LogP contribution is 2.68. The standard InChI is InChI=1S/C19H23NO3/c1-18-7-6-12(21)17-19(18)8-9-20(2)14(18)10-11-4-5-13(22-3)16(23-17)15(11)19/h4-5,14,17H,6-10H2,1-3H3/t14?,17?,18-,19-/m0/s1. The van der Waals surface area contributed by atoms with Crippen LogP contribution in [-0.2, 0) is 16.6 Å². The number of benzene rings is 1. The van der Waals surface area contributed by atoms with Crippen LogP contribution in [0.4, 0.5) is 0 Å². The zero-order valence-electron chi connectivity index (χ0n) is 14.0. The van der Waals surface area contributed by atoms with Gasteiger partial charge in [0.15, 0.2) is 23.4 Å². The summed E-state index contributed by atoms with van der Waals surface area (Å²) in [5.74, 6) is 1.90. The van der Waals surface area contributed by atoms with Crippen LogP contribution in [-0.4, -0.2) is 43.5 Å². The smallest absolute Gasteiger partial charge is 0.174 e. The van der Waals surface area contributed by atoms with Crippen LogP contribution in [0.3, 0.4) is 0 Å². The maximum atomic E-state index is 12.8. The molecule has 2 heterocycles. The van der Waals surface area contributed by atoms with E-state index in [4.69, 9.17) is 9.47 Å². The SMILES string of the molecule is COc1ccc2c3c1OC1C(=O)CC[C@@]4(C)C(C2)N(C)CC[C@]314. The minimum Gasteiger partial charge on any atom is -0.493 e. The number of hydrogen-bond acceptors (Lipinski definition) is 4.